The second-order valence-electron chi connectivity index (χ2n) is 15.1. The molecule has 0 aromatic heterocycles. The smallest absolute Gasteiger partial charge is 0.306 e. The highest BCUT2D eigenvalue weighted by atomic mass is 16.6. The van der Waals surface area contributed by atoms with E-state index in [9.17, 15) is 9.90 Å². The molecule has 300 valence electrons. The fourth-order valence-electron chi connectivity index (χ4n) is 6.64. The second-order valence-corrected chi connectivity index (χ2v) is 15.1. The molecular weight excluding hydrogens is 629 g/mol. The van der Waals surface area contributed by atoms with Gasteiger partial charge in [-0.2, -0.15) is 0 Å². The average molecular weight is 717 g/mol. The van der Waals surface area contributed by atoms with E-state index < -0.39 is 6.10 Å². The first-order valence-corrected chi connectivity index (χ1v) is 22.6. The summed E-state index contributed by atoms with van der Waals surface area (Å²) in [5, 5.41) is 9.61. The molecular formula is C47H88O4. The van der Waals surface area contributed by atoms with Crippen molar-refractivity contribution in [1.29, 1.82) is 0 Å². The lowest BCUT2D eigenvalue weighted by Gasteiger charge is -2.16. The van der Waals surface area contributed by atoms with Gasteiger partial charge in [-0.05, 0) is 44.9 Å². The Balaban J connectivity index is 3.38. The number of aliphatic hydroxyl groups is 1. The summed E-state index contributed by atoms with van der Waals surface area (Å²) in [5.74, 6) is -0.207. The van der Waals surface area contributed by atoms with Crippen molar-refractivity contribution in [3.63, 3.8) is 0 Å². The van der Waals surface area contributed by atoms with Crippen LogP contribution in [-0.2, 0) is 14.3 Å². The molecule has 0 radical (unpaired) electrons. The van der Waals surface area contributed by atoms with E-state index in [-0.39, 0.29) is 12.6 Å². The SMILES string of the molecule is CC/C=C\C/C=C\C/C=C\CCCCCCCCCC(=O)OC(CO)COCCCCCCCCCCCCCCCCCCCCCCCC. The topological polar surface area (TPSA) is 55.8 Å². The summed E-state index contributed by atoms with van der Waals surface area (Å²) in [6.07, 6.45) is 56.5. The van der Waals surface area contributed by atoms with Crippen LogP contribution in [0.25, 0.3) is 0 Å². The number of carbonyl (C=O) groups excluding carboxylic acids is 1. The van der Waals surface area contributed by atoms with Crippen molar-refractivity contribution in [2.75, 3.05) is 19.8 Å². The number of ether oxygens (including phenoxy) is 2. The number of rotatable bonds is 42. The van der Waals surface area contributed by atoms with E-state index in [2.05, 4.69) is 50.3 Å². The van der Waals surface area contributed by atoms with Gasteiger partial charge in [0, 0.05) is 13.0 Å². The number of allylic oxidation sites excluding steroid dienone is 6. The van der Waals surface area contributed by atoms with Crippen LogP contribution in [0.5, 0.6) is 0 Å². The fraction of sp³-hybridized carbons (Fsp3) is 0.851. The monoisotopic (exact) mass is 717 g/mol. The Bertz CT molecular complexity index is 757. The highest BCUT2D eigenvalue weighted by Crippen LogP contribution is 2.16. The van der Waals surface area contributed by atoms with Gasteiger partial charge in [0.25, 0.3) is 0 Å². The van der Waals surface area contributed by atoms with Crippen LogP contribution >= 0.6 is 0 Å². The Morgan fingerprint density at radius 2 is 0.882 bits per heavy atom. The summed E-state index contributed by atoms with van der Waals surface area (Å²) < 4.78 is 11.2. The molecule has 4 nitrogen and oxygen atoms in total. The van der Waals surface area contributed by atoms with Crippen molar-refractivity contribution >= 4 is 5.97 Å². The van der Waals surface area contributed by atoms with Gasteiger partial charge in [0.05, 0.1) is 13.2 Å². The molecule has 0 aliphatic carbocycles. The molecule has 0 saturated carbocycles. The lowest BCUT2D eigenvalue weighted by atomic mass is 10.0. The predicted octanol–water partition coefficient (Wildman–Crippen LogP) is 14.9. The van der Waals surface area contributed by atoms with Crippen LogP contribution in [0.4, 0.5) is 0 Å². The number of hydrogen-bond acceptors (Lipinski definition) is 4. The Morgan fingerprint density at radius 1 is 0.490 bits per heavy atom. The zero-order valence-corrected chi connectivity index (χ0v) is 34.4. The largest absolute Gasteiger partial charge is 0.457 e. The van der Waals surface area contributed by atoms with Crippen molar-refractivity contribution in [1.82, 2.24) is 0 Å². The van der Waals surface area contributed by atoms with Crippen LogP contribution in [0.15, 0.2) is 36.5 Å². The summed E-state index contributed by atoms with van der Waals surface area (Å²) in [6.45, 7) is 5.26. The van der Waals surface area contributed by atoms with E-state index in [1.807, 2.05) is 0 Å². The first-order valence-electron chi connectivity index (χ1n) is 22.6. The molecule has 4 heteroatoms. The molecule has 0 aliphatic heterocycles. The normalized spacial score (nSPS) is 12.6. The molecule has 1 N–H and O–H groups in total. The van der Waals surface area contributed by atoms with E-state index >= 15 is 0 Å². The molecule has 0 aromatic rings. The van der Waals surface area contributed by atoms with Gasteiger partial charge < -0.3 is 14.6 Å². The number of unbranched alkanes of at least 4 members (excludes halogenated alkanes) is 28. The van der Waals surface area contributed by atoms with E-state index in [1.54, 1.807) is 0 Å². The molecule has 0 spiro atoms. The van der Waals surface area contributed by atoms with Crippen LogP contribution in [0.2, 0.25) is 0 Å². The standard InChI is InChI=1S/C47H88O4/c1-3-5-7-9-11-13-15-17-19-21-22-23-24-25-27-29-31-33-35-37-39-41-43-50-45-46(44-48)51-47(49)42-40-38-36-34-32-30-28-26-20-18-16-14-12-10-8-6-4-2/h6,8,12,14,18,20,46,48H,3-5,7,9-11,13,15-17,19,21-45H2,1-2H3/b8-6-,14-12-,20-18-. The maximum absolute atomic E-state index is 12.2. The lowest BCUT2D eigenvalue weighted by Crippen LogP contribution is -2.27. The van der Waals surface area contributed by atoms with Crippen LogP contribution in [-0.4, -0.2) is 37.0 Å². The Hall–Kier alpha value is -1.39. The van der Waals surface area contributed by atoms with Gasteiger partial charge in [-0.3, -0.25) is 4.79 Å². The fourth-order valence-corrected chi connectivity index (χ4v) is 6.64. The van der Waals surface area contributed by atoms with E-state index in [1.165, 1.54) is 173 Å². The average Bonchev–Trinajstić information content (AvgIpc) is 3.14. The van der Waals surface area contributed by atoms with Crippen LogP contribution in [0.3, 0.4) is 0 Å². The molecule has 0 heterocycles. The zero-order chi connectivity index (χ0) is 37.0. The summed E-state index contributed by atoms with van der Waals surface area (Å²) in [4.78, 5) is 12.2. The minimum Gasteiger partial charge on any atom is -0.457 e. The van der Waals surface area contributed by atoms with E-state index in [0.717, 1.165) is 38.5 Å². The first kappa shape index (κ1) is 49.6. The molecule has 0 bridgehead atoms. The van der Waals surface area contributed by atoms with Gasteiger partial charge in [0.15, 0.2) is 0 Å². The van der Waals surface area contributed by atoms with Gasteiger partial charge in [-0.1, -0.05) is 217 Å². The number of carbonyl (C=O) groups is 1. The lowest BCUT2D eigenvalue weighted by molar-refractivity contribution is -0.154. The molecule has 0 amide bonds. The molecule has 0 aromatic carbocycles. The second kappa shape index (κ2) is 44.8. The van der Waals surface area contributed by atoms with Crippen LogP contribution in [0, 0.1) is 0 Å². The molecule has 1 unspecified atom stereocenters. The van der Waals surface area contributed by atoms with Crippen molar-refractivity contribution in [3.05, 3.63) is 36.5 Å². The highest BCUT2D eigenvalue weighted by molar-refractivity contribution is 5.69. The Labute approximate surface area is 319 Å². The molecule has 0 fully saturated rings. The number of aliphatic hydroxyl groups excluding tert-OH is 1. The van der Waals surface area contributed by atoms with E-state index in [4.69, 9.17) is 9.47 Å². The van der Waals surface area contributed by atoms with Crippen molar-refractivity contribution in [2.24, 2.45) is 0 Å². The molecule has 51 heavy (non-hydrogen) atoms. The number of esters is 1. The zero-order valence-electron chi connectivity index (χ0n) is 34.4. The third kappa shape index (κ3) is 42.9. The van der Waals surface area contributed by atoms with Crippen molar-refractivity contribution in [2.45, 2.75) is 238 Å². The van der Waals surface area contributed by atoms with Gasteiger partial charge in [0.2, 0.25) is 0 Å². The van der Waals surface area contributed by atoms with Gasteiger partial charge in [0.1, 0.15) is 6.10 Å². The third-order valence-electron chi connectivity index (χ3n) is 9.98. The molecule has 1 atom stereocenters. The minimum absolute atomic E-state index is 0.173. The summed E-state index contributed by atoms with van der Waals surface area (Å²) in [7, 11) is 0. The summed E-state index contributed by atoms with van der Waals surface area (Å²) in [5.41, 5.74) is 0. The highest BCUT2D eigenvalue weighted by Gasteiger charge is 2.13. The molecule has 0 aliphatic rings. The maximum atomic E-state index is 12.2. The van der Waals surface area contributed by atoms with Gasteiger partial charge >= 0.3 is 5.97 Å². The first-order chi connectivity index (χ1) is 25.2. The summed E-state index contributed by atoms with van der Waals surface area (Å²) in [6, 6.07) is 0. The van der Waals surface area contributed by atoms with E-state index in [0.29, 0.717) is 19.6 Å². The third-order valence-corrected chi connectivity index (χ3v) is 9.98. The molecule has 0 saturated heterocycles. The minimum atomic E-state index is -0.537. The van der Waals surface area contributed by atoms with Crippen molar-refractivity contribution in [3.8, 4) is 0 Å². The van der Waals surface area contributed by atoms with Crippen molar-refractivity contribution < 1.29 is 19.4 Å². The Morgan fingerprint density at radius 3 is 1.33 bits per heavy atom. The van der Waals surface area contributed by atoms with Crippen LogP contribution < -0.4 is 0 Å². The number of hydrogen-bond donors (Lipinski definition) is 1. The Kier molecular flexibility index (Phi) is 43.5. The maximum Gasteiger partial charge on any atom is 0.306 e. The van der Waals surface area contributed by atoms with Gasteiger partial charge in [-0.15, -0.1) is 0 Å². The predicted molar refractivity (Wildman–Crippen MR) is 224 cm³/mol. The van der Waals surface area contributed by atoms with Crippen LogP contribution in [0.1, 0.15) is 232 Å². The molecule has 0 rings (SSSR count). The van der Waals surface area contributed by atoms with Gasteiger partial charge in [-0.25, -0.2) is 0 Å². The summed E-state index contributed by atoms with van der Waals surface area (Å²) >= 11 is 0. The quantitative estimate of drug-likeness (QED) is 0.0388.